The van der Waals surface area contributed by atoms with Crippen LogP contribution in [-0.2, 0) is 0 Å². The van der Waals surface area contributed by atoms with Crippen molar-refractivity contribution in [3.05, 3.63) is 23.4 Å². The molecule has 0 bridgehead atoms. The second kappa shape index (κ2) is 6.04. The van der Waals surface area contributed by atoms with Crippen molar-refractivity contribution in [3.8, 4) is 0 Å². The Balaban J connectivity index is 2.10. The van der Waals surface area contributed by atoms with Gasteiger partial charge in [0.15, 0.2) is 0 Å². The van der Waals surface area contributed by atoms with E-state index < -0.39 is 0 Å². The molecule has 0 aliphatic heterocycles. The summed E-state index contributed by atoms with van der Waals surface area (Å²) in [5.41, 5.74) is 1.96. The summed E-state index contributed by atoms with van der Waals surface area (Å²) in [4.78, 5) is 16.9. The maximum atomic E-state index is 12.4. The highest BCUT2D eigenvalue weighted by atomic mass is 16.1. The second-order valence-corrected chi connectivity index (χ2v) is 6.77. The van der Waals surface area contributed by atoms with Crippen LogP contribution in [0.15, 0.2) is 12.1 Å². The number of hydrogen-bond donors (Lipinski definition) is 2. The van der Waals surface area contributed by atoms with Gasteiger partial charge >= 0.3 is 0 Å². The predicted octanol–water partition coefficient (Wildman–Crippen LogP) is 3.41. The SMILES string of the molecule is CNc1cc(C(=O)NCC2(C(C)C)CC2)cc(C(C)C)n1. The first-order chi connectivity index (χ1) is 9.88. The van der Waals surface area contributed by atoms with Crippen LogP contribution in [0.2, 0.25) is 0 Å². The lowest BCUT2D eigenvalue weighted by Gasteiger charge is -2.20. The van der Waals surface area contributed by atoms with Gasteiger partial charge in [-0.05, 0) is 42.2 Å². The average Bonchev–Trinajstić information content (AvgIpc) is 3.25. The van der Waals surface area contributed by atoms with Crippen molar-refractivity contribution in [2.24, 2.45) is 11.3 Å². The Hall–Kier alpha value is -1.58. The fourth-order valence-corrected chi connectivity index (χ4v) is 2.58. The van der Waals surface area contributed by atoms with Gasteiger partial charge in [-0.1, -0.05) is 27.7 Å². The molecule has 1 saturated carbocycles. The monoisotopic (exact) mass is 289 g/mol. The van der Waals surface area contributed by atoms with Crippen LogP contribution in [0.4, 0.5) is 5.82 Å². The molecule has 2 rings (SSSR count). The first-order valence-corrected chi connectivity index (χ1v) is 7.86. The lowest BCUT2D eigenvalue weighted by Crippen LogP contribution is -2.32. The zero-order valence-electron chi connectivity index (χ0n) is 13.8. The van der Waals surface area contributed by atoms with Gasteiger partial charge < -0.3 is 10.6 Å². The molecular weight excluding hydrogens is 262 g/mol. The fraction of sp³-hybridized carbons (Fsp3) is 0.647. The molecule has 2 N–H and O–H groups in total. The summed E-state index contributed by atoms with van der Waals surface area (Å²) in [6.07, 6.45) is 2.45. The van der Waals surface area contributed by atoms with Crippen LogP contribution in [-0.4, -0.2) is 24.5 Å². The van der Waals surface area contributed by atoms with Gasteiger partial charge in [-0.15, -0.1) is 0 Å². The molecule has 1 aromatic heterocycles. The smallest absolute Gasteiger partial charge is 0.251 e. The topological polar surface area (TPSA) is 54.0 Å². The molecule has 21 heavy (non-hydrogen) atoms. The van der Waals surface area contributed by atoms with Gasteiger partial charge in [-0.2, -0.15) is 0 Å². The number of hydrogen-bond acceptors (Lipinski definition) is 3. The number of amides is 1. The van der Waals surface area contributed by atoms with E-state index >= 15 is 0 Å². The molecule has 1 fully saturated rings. The number of nitrogens with one attached hydrogen (secondary N) is 2. The normalized spacial score (nSPS) is 16.1. The van der Waals surface area contributed by atoms with Gasteiger partial charge in [0.05, 0.1) is 0 Å². The number of pyridine rings is 1. The zero-order valence-corrected chi connectivity index (χ0v) is 13.8. The highest BCUT2D eigenvalue weighted by Crippen LogP contribution is 2.51. The average molecular weight is 289 g/mol. The van der Waals surface area contributed by atoms with Crippen molar-refractivity contribution < 1.29 is 4.79 Å². The quantitative estimate of drug-likeness (QED) is 0.843. The number of carbonyl (C=O) groups is 1. The van der Waals surface area contributed by atoms with E-state index in [9.17, 15) is 4.79 Å². The van der Waals surface area contributed by atoms with E-state index in [1.165, 1.54) is 12.8 Å². The van der Waals surface area contributed by atoms with Crippen molar-refractivity contribution in [1.82, 2.24) is 10.3 Å². The van der Waals surface area contributed by atoms with Gasteiger partial charge in [0.25, 0.3) is 5.91 Å². The Labute approximate surface area is 127 Å². The third-order valence-electron chi connectivity index (χ3n) is 4.67. The summed E-state index contributed by atoms with van der Waals surface area (Å²) in [6.45, 7) is 9.42. The van der Waals surface area contributed by atoms with E-state index in [-0.39, 0.29) is 5.91 Å². The number of anilines is 1. The molecule has 1 aliphatic carbocycles. The summed E-state index contributed by atoms with van der Waals surface area (Å²) in [5.74, 6) is 1.67. The largest absolute Gasteiger partial charge is 0.373 e. The molecule has 1 amide bonds. The van der Waals surface area contributed by atoms with Crippen molar-refractivity contribution in [3.63, 3.8) is 0 Å². The van der Waals surface area contributed by atoms with Gasteiger partial charge in [-0.25, -0.2) is 4.98 Å². The Morgan fingerprint density at radius 2 is 1.95 bits per heavy atom. The minimum atomic E-state index is 0.00252. The van der Waals surface area contributed by atoms with Crippen LogP contribution in [0.5, 0.6) is 0 Å². The first-order valence-electron chi connectivity index (χ1n) is 7.86. The van der Waals surface area contributed by atoms with E-state index in [4.69, 9.17) is 0 Å². The van der Waals surface area contributed by atoms with Gasteiger partial charge in [0.1, 0.15) is 5.82 Å². The van der Waals surface area contributed by atoms with Crippen LogP contribution in [0.1, 0.15) is 62.5 Å². The van der Waals surface area contributed by atoms with Crippen LogP contribution in [0.3, 0.4) is 0 Å². The standard InChI is InChI=1S/C17H27N3O/c1-11(2)14-8-13(9-15(18-5)20-14)16(21)19-10-17(6-7-17)12(3)4/h8-9,11-12H,6-7,10H2,1-5H3,(H,18,20)(H,19,21). The molecule has 1 heterocycles. The van der Waals surface area contributed by atoms with E-state index in [1.807, 2.05) is 19.2 Å². The van der Waals surface area contributed by atoms with E-state index in [0.717, 1.165) is 18.1 Å². The minimum absolute atomic E-state index is 0.00252. The van der Waals surface area contributed by atoms with Gasteiger partial charge in [0.2, 0.25) is 0 Å². The van der Waals surface area contributed by atoms with E-state index in [1.54, 1.807) is 0 Å². The van der Waals surface area contributed by atoms with Crippen LogP contribution >= 0.6 is 0 Å². The number of aromatic nitrogens is 1. The minimum Gasteiger partial charge on any atom is -0.373 e. The maximum Gasteiger partial charge on any atom is 0.251 e. The molecular formula is C17H27N3O. The molecule has 1 aromatic rings. The van der Waals surface area contributed by atoms with E-state index in [0.29, 0.717) is 22.8 Å². The van der Waals surface area contributed by atoms with Crippen molar-refractivity contribution in [2.75, 3.05) is 18.9 Å². The number of rotatable bonds is 6. The second-order valence-electron chi connectivity index (χ2n) is 6.77. The highest BCUT2D eigenvalue weighted by molar-refractivity contribution is 5.95. The van der Waals surface area contributed by atoms with Gasteiger partial charge in [0, 0.05) is 24.8 Å². The van der Waals surface area contributed by atoms with Crippen molar-refractivity contribution in [1.29, 1.82) is 0 Å². The Morgan fingerprint density at radius 1 is 1.29 bits per heavy atom. The molecule has 0 saturated heterocycles. The summed E-state index contributed by atoms with van der Waals surface area (Å²) >= 11 is 0. The fourth-order valence-electron chi connectivity index (χ4n) is 2.58. The molecule has 0 radical (unpaired) electrons. The van der Waals surface area contributed by atoms with Crippen LogP contribution < -0.4 is 10.6 Å². The molecule has 0 atom stereocenters. The summed E-state index contributed by atoms with van der Waals surface area (Å²) in [7, 11) is 1.83. The molecule has 0 unspecified atom stereocenters. The lowest BCUT2D eigenvalue weighted by molar-refractivity contribution is 0.0939. The number of nitrogens with zero attached hydrogens (tertiary/aromatic N) is 1. The third-order valence-corrected chi connectivity index (χ3v) is 4.67. The van der Waals surface area contributed by atoms with Crippen LogP contribution in [0, 0.1) is 11.3 Å². The lowest BCUT2D eigenvalue weighted by atomic mass is 9.92. The third kappa shape index (κ3) is 3.55. The summed E-state index contributed by atoms with van der Waals surface area (Å²) in [5, 5.41) is 6.14. The summed E-state index contributed by atoms with van der Waals surface area (Å²) in [6, 6.07) is 3.71. The molecule has 0 spiro atoms. The Bertz CT molecular complexity index is 519. The summed E-state index contributed by atoms with van der Waals surface area (Å²) < 4.78 is 0. The highest BCUT2D eigenvalue weighted by Gasteiger charge is 2.45. The molecule has 0 aromatic carbocycles. The molecule has 4 nitrogen and oxygen atoms in total. The van der Waals surface area contributed by atoms with Crippen LogP contribution in [0.25, 0.3) is 0 Å². The maximum absolute atomic E-state index is 12.4. The van der Waals surface area contributed by atoms with Crippen molar-refractivity contribution >= 4 is 11.7 Å². The Morgan fingerprint density at radius 3 is 2.43 bits per heavy atom. The Kier molecular flexibility index (Phi) is 4.55. The molecule has 1 aliphatic rings. The number of carbonyl (C=O) groups excluding carboxylic acids is 1. The zero-order chi connectivity index (χ0) is 15.6. The van der Waals surface area contributed by atoms with Gasteiger partial charge in [-0.3, -0.25) is 4.79 Å². The van der Waals surface area contributed by atoms with Crippen molar-refractivity contribution in [2.45, 2.75) is 46.5 Å². The predicted molar refractivity (Wildman–Crippen MR) is 86.7 cm³/mol. The van der Waals surface area contributed by atoms with E-state index in [2.05, 4.69) is 43.3 Å². The first kappa shape index (κ1) is 15.8. The molecule has 116 valence electrons. The molecule has 4 heteroatoms.